The van der Waals surface area contributed by atoms with Crippen molar-refractivity contribution in [3.8, 4) is 0 Å². The Balaban J connectivity index is 3.40. The van der Waals surface area contributed by atoms with E-state index >= 15 is 0 Å². The number of amides is 1. The standard InChI is InChI=1S/C65H127NO3/c1-3-5-7-9-11-13-15-17-19-21-23-25-26-27-28-29-30-31-32-33-34-35-36-37-38-39-40-41-43-45-47-49-51-53-55-57-59-61-65(69)66-63(62-67)64(68)60-58-56-54-52-50-48-46-44-42-24-22-20-18-16-14-12-10-8-6-4-2/h50,52,58,60,63-64,67-68H,3-49,51,53-57,59,61-62H2,1-2H3,(H,66,69)/b52-50+,60-58+. The van der Waals surface area contributed by atoms with Crippen molar-refractivity contribution in [3.63, 3.8) is 0 Å². The molecule has 0 rings (SSSR count). The van der Waals surface area contributed by atoms with Gasteiger partial charge in [-0.3, -0.25) is 4.79 Å². The van der Waals surface area contributed by atoms with Crippen molar-refractivity contribution in [2.75, 3.05) is 6.61 Å². The summed E-state index contributed by atoms with van der Waals surface area (Å²) in [6.07, 6.45) is 82.5. The van der Waals surface area contributed by atoms with E-state index in [0.717, 1.165) is 32.1 Å². The van der Waals surface area contributed by atoms with Crippen LogP contribution < -0.4 is 5.32 Å². The maximum atomic E-state index is 12.5. The van der Waals surface area contributed by atoms with Gasteiger partial charge in [0.2, 0.25) is 5.91 Å². The van der Waals surface area contributed by atoms with Crippen LogP contribution in [0.5, 0.6) is 0 Å². The average Bonchev–Trinajstić information content (AvgIpc) is 3.35. The highest BCUT2D eigenvalue weighted by Gasteiger charge is 2.18. The Kier molecular flexibility index (Phi) is 60.2. The number of carbonyl (C=O) groups is 1. The van der Waals surface area contributed by atoms with Crippen LogP contribution in [0.25, 0.3) is 0 Å². The number of nitrogens with one attached hydrogen (secondary N) is 1. The Hall–Kier alpha value is -1.13. The molecule has 3 N–H and O–H groups in total. The molecule has 0 heterocycles. The molecule has 0 aliphatic heterocycles. The Bertz CT molecular complexity index is 1010. The van der Waals surface area contributed by atoms with E-state index in [0.29, 0.717) is 6.42 Å². The minimum atomic E-state index is -0.860. The van der Waals surface area contributed by atoms with E-state index in [1.54, 1.807) is 6.08 Å². The predicted octanol–water partition coefficient (Wildman–Crippen LogP) is 21.4. The van der Waals surface area contributed by atoms with Crippen molar-refractivity contribution >= 4 is 5.91 Å². The highest BCUT2D eigenvalue weighted by molar-refractivity contribution is 5.76. The molecule has 0 saturated carbocycles. The maximum absolute atomic E-state index is 12.5. The van der Waals surface area contributed by atoms with Gasteiger partial charge in [0.15, 0.2) is 0 Å². The van der Waals surface area contributed by atoms with E-state index in [2.05, 4.69) is 31.3 Å². The second kappa shape index (κ2) is 61.2. The van der Waals surface area contributed by atoms with E-state index in [-0.39, 0.29) is 12.5 Å². The van der Waals surface area contributed by atoms with Gasteiger partial charge in [-0.15, -0.1) is 0 Å². The van der Waals surface area contributed by atoms with Crippen molar-refractivity contribution < 1.29 is 15.0 Å². The molecule has 0 saturated heterocycles. The van der Waals surface area contributed by atoms with Crippen LogP contribution in [-0.2, 0) is 4.79 Å². The fraction of sp³-hybridized carbons (Fsp3) is 0.923. The molecule has 0 aromatic rings. The first-order valence-electron chi connectivity index (χ1n) is 32.1. The second-order valence-corrected chi connectivity index (χ2v) is 22.2. The van der Waals surface area contributed by atoms with Gasteiger partial charge in [-0.05, 0) is 32.1 Å². The highest BCUT2D eigenvalue weighted by Crippen LogP contribution is 2.19. The zero-order valence-corrected chi connectivity index (χ0v) is 47.4. The molecule has 0 aromatic heterocycles. The van der Waals surface area contributed by atoms with Gasteiger partial charge in [-0.2, -0.15) is 0 Å². The third kappa shape index (κ3) is 57.6. The Morgan fingerprint density at radius 2 is 0.565 bits per heavy atom. The molecule has 0 bridgehead atoms. The first kappa shape index (κ1) is 67.9. The summed E-state index contributed by atoms with van der Waals surface area (Å²) in [6, 6.07) is -0.637. The number of unbranched alkanes of at least 4 members (excludes halogenated alkanes) is 51. The van der Waals surface area contributed by atoms with Crippen LogP contribution in [0.4, 0.5) is 0 Å². The van der Waals surface area contributed by atoms with Gasteiger partial charge in [0, 0.05) is 6.42 Å². The van der Waals surface area contributed by atoms with Gasteiger partial charge in [-0.25, -0.2) is 0 Å². The summed E-state index contributed by atoms with van der Waals surface area (Å²) in [4.78, 5) is 12.5. The molecule has 69 heavy (non-hydrogen) atoms. The van der Waals surface area contributed by atoms with Crippen LogP contribution in [0.3, 0.4) is 0 Å². The molecule has 0 aromatic carbocycles. The lowest BCUT2D eigenvalue weighted by Gasteiger charge is -2.19. The van der Waals surface area contributed by atoms with E-state index < -0.39 is 12.1 Å². The number of aliphatic hydroxyl groups excluding tert-OH is 2. The SMILES string of the molecule is CCCCCCCCCCCCCCCC/C=C/CC/C=C/C(O)C(CO)NC(=O)CCCCCCCCCCCCCCCCCCCCCCCCCCCCCCCCCCCCCCC. The summed E-state index contributed by atoms with van der Waals surface area (Å²) in [6.45, 7) is 4.34. The zero-order valence-electron chi connectivity index (χ0n) is 47.4. The highest BCUT2D eigenvalue weighted by atomic mass is 16.3. The molecule has 0 aliphatic carbocycles. The minimum absolute atomic E-state index is 0.0655. The molecule has 1 amide bonds. The lowest BCUT2D eigenvalue weighted by atomic mass is 10.0. The number of rotatable bonds is 60. The number of aliphatic hydroxyl groups is 2. The van der Waals surface area contributed by atoms with Crippen LogP contribution in [0.1, 0.15) is 367 Å². The quantitative estimate of drug-likeness (QED) is 0.0420. The van der Waals surface area contributed by atoms with Crippen LogP contribution in [0.2, 0.25) is 0 Å². The summed E-state index contributed by atoms with van der Waals surface area (Å²) in [7, 11) is 0. The van der Waals surface area contributed by atoms with Crippen molar-refractivity contribution in [1.29, 1.82) is 0 Å². The molecule has 4 heteroatoms. The summed E-state index contributed by atoms with van der Waals surface area (Å²) < 4.78 is 0. The van der Waals surface area contributed by atoms with Gasteiger partial charge in [-0.1, -0.05) is 353 Å². The van der Waals surface area contributed by atoms with E-state index in [4.69, 9.17) is 0 Å². The Morgan fingerprint density at radius 1 is 0.333 bits per heavy atom. The lowest BCUT2D eigenvalue weighted by molar-refractivity contribution is -0.123. The molecule has 0 aliphatic rings. The summed E-state index contributed by atoms with van der Waals surface area (Å²) in [5, 5.41) is 23.2. The van der Waals surface area contributed by atoms with Crippen molar-refractivity contribution in [1.82, 2.24) is 5.32 Å². The molecule has 0 spiro atoms. The summed E-state index contributed by atoms with van der Waals surface area (Å²) in [5.41, 5.74) is 0. The zero-order chi connectivity index (χ0) is 49.9. The van der Waals surface area contributed by atoms with Gasteiger partial charge in [0.1, 0.15) is 0 Å². The van der Waals surface area contributed by atoms with E-state index in [1.165, 1.54) is 315 Å². The number of hydrogen-bond donors (Lipinski definition) is 3. The van der Waals surface area contributed by atoms with E-state index in [1.807, 2.05) is 6.08 Å². The average molecular weight is 971 g/mol. The van der Waals surface area contributed by atoms with Crippen LogP contribution in [0.15, 0.2) is 24.3 Å². The first-order chi connectivity index (χ1) is 34.2. The van der Waals surface area contributed by atoms with Crippen LogP contribution in [-0.4, -0.2) is 34.9 Å². The Labute approximate surface area is 434 Å². The number of carbonyl (C=O) groups excluding carboxylic acids is 1. The van der Waals surface area contributed by atoms with Crippen molar-refractivity contribution in [3.05, 3.63) is 24.3 Å². The molecule has 410 valence electrons. The predicted molar refractivity (Wildman–Crippen MR) is 309 cm³/mol. The molecular formula is C65H127NO3. The minimum Gasteiger partial charge on any atom is -0.394 e. The fourth-order valence-electron chi connectivity index (χ4n) is 10.3. The lowest BCUT2D eigenvalue weighted by Crippen LogP contribution is -2.45. The smallest absolute Gasteiger partial charge is 0.220 e. The molecule has 4 nitrogen and oxygen atoms in total. The largest absolute Gasteiger partial charge is 0.394 e. The molecule has 0 fully saturated rings. The number of allylic oxidation sites excluding steroid dienone is 3. The van der Waals surface area contributed by atoms with Crippen molar-refractivity contribution in [2.45, 2.75) is 379 Å². The fourth-order valence-corrected chi connectivity index (χ4v) is 10.3. The normalized spacial score (nSPS) is 12.8. The third-order valence-corrected chi connectivity index (χ3v) is 15.2. The van der Waals surface area contributed by atoms with Crippen LogP contribution >= 0.6 is 0 Å². The van der Waals surface area contributed by atoms with Crippen LogP contribution in [0, 0.1) is 0 Å². The van der Waals surface area contributed by atoms with Crippen molar-refractivity contribution in [2.24, 2.45) is 0 Å². The molecule has 0 radical (unpaired) electrons. The Morgan fingerprint density at radius 3 is 0.841 bits per heavy atom. The molecule has 2 atom stereocenters. The monoisotopic (exact) mass is 970 g/mol. The van der Waals surface area contributed by atoms with E-state index in [9.17, 15) is 15.0 Å². The maximum Gasteiger partial charge on any atom is 0.220 e. The molecular weight excluding hydrogens is 843 g/mol. The second-order valence-electron chi connectivity index (χ2n) is 22.2. The number of hydrogen-bond acceptors (Lipinski definition) is 3. The summed E-state index contributed by atoms with van der Waals surface area (Å²) >= 11 is 0. The first-order valence-corrected chi connectivity index (χ1v) is 32.1. The van der Waals surface area contributed by atoms with Gasteiger partial charge >= 0.3 is 0 Å². The van der Waals surface area contributed by atoms with Gasteiger partial charge in [0.25, 0.3) is 0 Å². The molecule has 2 unspecified atom stereocenters. The van der Waals surface area contributed by atoms with Gasteiger partial charge < -0.3 is 15.5 Å². The summed E-state index contributed by atoms with van der Waals surface area (Å²) in [5.74, 6) is -0.0655. The third-order valence-electron chi connectivity index (χ3n) is 15.2. The topological polar surface area (TPSA) is 69.6 Å². The van der Waals surface area contributed by atoms with Gasteiger partial charge in [0.05, 0.1) is 18.8 Å².